The number of halogens is 3. The topological polar surface area (TPSA) is 43.8 Å². The van der Waals surface area contributed by atoms with Crippen molar-refractivity contribution < 1.29 is 13.2 Å². The standard InChI is InChI=1S/C14H10F3N3/c15-14(16,17)9-5-6-10(18)13(7-9)20-8-19-11-3-1-2-4-12(11)20/h1-8H,18H2. The average Bonchev–Trinajstić information content (AvgIpc) is 2.82. The molecule has 3 nitrogen and oxygen atoms in total. The molecular weight excluding hydrogens is 267 g/mol. The fourth-order valence-corrected chi connectivity index (χ4v) is 2.08. The zero-order chi connectivity index (χ0) is 14.3. The van der Waals surface area contributed by atoms with Crippen LogP contribution >= 0.6 is 0 Å². The molecule has 1 aromatic heterocycles. The van der Waals surface area contributed by atoms with Crippen LogP contribution in [0, 0.1) is 0 Å². The summed E-state index contributed by atoms with van der Waals surface area (Å²) in [6.45, 7) is 0. The number of hydrogen-bond donors (Lipinski definition) is 1. The molecule has 0 aliphatic carbocycles. The van der Waals surface area contributed by atoms with Gasteiger partial charge in [0.05, 0.1) is 28.0 Å². The molecule has 0 saturated carbocycles. The minimum absolute atomic E-state index is 0.265. The lowest BCUT2D eigenvalue weighted by atomic mass is 10.1. The lowest BCUT2D eigenvalue weighted by Crippen LogP contribution is -2.07. The molecule has 0 radical (unpaired) electrons. The highest BCUT2D eigenvalue weighted by molar-refractivity contribution is 5.79. The molecule has 0 fully saturated rings. The van der Waals surface area contributed by atoms with Gasteiger partial charge in [-0.25, -0.2) is 4.98 Å². The van der Waals surface area contributed by atoms with Gasteiger partial charge in [0.2, 0.25) is 0 Å². The molecule has 102 valence electrons. The summed E-state index contributed by atoms with van der Waals surface area (Å²) in [5.41, 5.74) is 7.00. The molecule has 0 atom stereocenters. The van der Waals surface area contributed by atoms with Crippen molar-refractivity contribution in [2.45, 2.75) is 6.18 Å². The van der Waals surface area contributed by atoms with E-state index in [0.717, 1.165) is 12.1 Å². The Morgan fingerprint density at radius 2 is 1.80 bits per heavy atom. The second-order valence-corrected chi connectivity index (χ2v) is 4.37. The third kappa shape index (κ3) is 1.99. The Morgan fingerprint density at radius 1 is 1.05 bits per heavy atom. The van der Waals surface area contributed by atoms with E-state index in [1.807, 2.05) is 6.07 Å². The molecule has 0 amide bonds. The molecule has 1 heterocycles. The summed E-state index contributed by atoms with van der Waals surface area (Å²) in [4.78, 5) is 4.15. The summed E-state index contributed by atoms with van der Waals surface area (Å²) in [6, 6.07) is 10.4. The summed E-state index contributed by atoms with van der Waals surface area (Å²) in [7, 11) is 0. The van der Waals surface area contributed by atoms with Crippen LogP contribution in [0.5, 0.6) is 0 Å². The number of benzene rings is 2. The first kappa shape index (κ1) is 12.5. The largest absolute Gasteiger partial charge is 0.416 e. The lowest BCUT2D eigenvalue weighted by molar-refractivity contribution is -0.137. The summed E-state index contributed by atoms with van der Waals surface area (Å²) in [5, 5.41) is 0. The van der Waals surface area contributed by atoms with Gasteiger partial charge in [-0.05, 0) is 30.3 Å². The van der Waals surface area contributed by atoms with Crippen LogP contribution in [0.4, 0.5) is 18.9 Å². The van der Waals surface area contributed by atoms with Crippen LogP contribution in [0.2, 0.25) is 0 Å². The Labute approximate surface area is 112 Å². The Morgan fingerprint density at radius 3 is 2.55 bits per heavy atom. The number of para-hydroxylation sites is 2. The van der Waals surface area contributed by atoms with Crippen molar-refractivity contribution in [3.8, 4) is 5.69 Å². The first-order valence-corrected chi connectivity index (χ1v) is 5.86. The van der Waals surface area contributed by atoms with Crippen LogP contribution in [0.3, 0.4) is 0 Å². The summed E-state index contributed by atoms with van der Waals surface area (Å²) in [5.74, 6) is 0. The van der Waals surface area contributed by atoms with E-state index >= 15 is 0 Å². The van der Waals surface area contributed by atoms with Gasteiger partial charge in [0.25, 0.3) is 0 Å². The molecule has 0 aliphatic heterocycles. The highest BCUT2D eigenvalue weighted by atomic mass is 19.4. The number of fused-ring (bicyclic) bond motifs is 1. The van der Waals surface area contributed by atoms with Gasteiger partial charge in [-0.1, -0.05) is 12.1 Å². The molecule has 0 bridgehead atoms. The van der Waals surface area contributed by atoms with Gasteiger partial charge in [0, 0.05) is 0 Å². The Bertz CT molecular complexity index is 775. The maximum atomic E-state index is 12.8. The fraction of sp³-hybridized carbons (Fsp3) is 0.0714. The summed E-state index contributed by atoms with van der Waals surface area (Å²) in [6.07, 6.45) is -2.94. The van der Waals surface area contributed by atoms with E-state index in [1.165, 1.54) is 12.4 Å². The van der Waals surface area contributed by atoms with Gasteiger partial charge >= 0.3 is 6.18 Å². The van der Waals surface area contributed by atoms with Crippen LogP contribution in [-0.2, 0) is 6.18 Å². The van der Waals surface area contributed by atoms with Crippen molar-refractivity contribution in [2.75, 3.05) is 5.73 Å². The number of imidazole rings is 1. The van der Waals surface area contributed by atoms with Gasteiger partial charge in [-0.2, -0.15) is 13.2 Å². The molecule has 20 heavy (non-hydrogen) atoms. The van der Waals surface area contributed by atoms with Crippen LogP contribution in [0.15, 0.2) is 48.8 Å². The number of aromatic nitrogens is 2. The van der Waals surface area contributed by atoms with Gasteiger partial charge in [0.1, 0.15) is 6.33 Å². The van der Waals surface area contributed by atoms with E-state index < -0.39 is 11.7 Å². The number of nitrogen functional groups attached to an aromatic ring is 1. The number of rotatable bonds is 1. The van der Waals surface area contributed by atoms with Crippen LogP contribution in [-0.4, -0.2) is 9.55 Å². The van der Waals surface area contributed by atoms with Gasteiger partial charge in [-0.15, -0.1) is 0 Å². The van der Waals surface area contributed by atoms with Crippen molar-refractivity contribution >= 4 is 16.7 Å². The number of nitrogens with two attached hydrogens (primary N) is 1. The smallest absolute Gasteiger partial charge is 0.397 e. The molecule has 0 aliphatic rings. The van der Waals surface area contributed by atoms with E-state index in [0.29, 0.717) is 11.0 Å². The van der Waals surface area contributed by atoms with Crippen molar-refractivity contribution in [3.63, 3.8) is 0 Å². The first-order valence-electron chi connectivity index (χ1n) is 5.86. The van der Waals surface area contributed by atoms with Gasteiger partial charge < -0.3 is 5.73 Å². The molecule has 6 heteroatoms. The monoisotopic (exact) mass is 277 g/mol. The average molecular weight is 277 g/mol. The molecule has 2 N–H and O–H groups in total. The fourth-order valence-electron chi connectivity index (χ4n) is 2.08. The normalized spacial score (nSPS) is 11.9. The van der Waals surface area contributed by atoms with E-state index in [4.69, 9.17) is 5.73 Å². The van der Waals surface area contributed by atoms with Crippen molar-refractivity contribution in [2.24, 2.45) is 0 Å². The zero-order valence-corrected chi connectivity index (χ0v) is 10.2. The second-order valence-electron chi connectivity index (χ2n) is 4.37. The molecule has 0 spiro atoms. The summed E-state index contributed by atoms with van der Waals surface area (Å²) < 4.78 is 39.9. The minimum Gasteiger partial charge on any atom is -0.397 e. The first-order chi connectivity index (χ1) is 9.47. The summed E-state index contributed by atoms with van der Waals surface area (Å²) >= 11 is 0. The van der Waals surface area contributed by atoms with Crippen molar-refractivity contribution in [1.29, 1.82) is 0 Å². The Hall–Kier alpha value is -2.50. The van der Waals surface area contributed by atoms with Crippen LogP contribution < -0.4 is 5.73 Å². The lowest BCUT2D eigenvalue weighted by Gasteiger charge is -2.12. The SMILES string of the molecule is Nc1ccc(C(F)(F)F)cc1-n1cnc2ccccc21. The van der Waals surface area contributed by atoms with E-state index in [1.54, 1.807) is 22.8 Å². The molecule has 3 rings (SSSR count). The number of alkyl halides is 3. The number of hydrogen-bond acceptors (Lipinski definition) is 2. The van der Waals surface area contributed by atoms with Crippen molar-refractivity contribution in [3.05, 3.63) is 54.4 Å². The predicted octanol–water partition coefficient (Wildman–Crippen LogP) is 3.63. The predicted molar refractivity (Wildman–Crippen MR) is 70.5 cm³/mol. The number of nitrogens with zero attached hydrogens (tertiary/aromatic N) is 2. The zero-order valence-electron chi connectivity index (χ0n) is 10.2. The van der Waals surface area contributed by atoms with Gasteiger partial charge in [0.15, 0.2) is 0 Å². The third-order valence-corrected chi connectivity index (χ3v) is 3.07. The maximum absolute atomic E-state index is 12.8. The Kier molecular flexibility index (Phi) is 2.67. The number of anilines is 1. The molecule has 3 aromatic rings. The molecular formula is C14H10F3N3. The molecule has 0 unspecified atom stereocenters. The minimum atomic E-state index is -4.40. The maximum Gasteiger partial charge on any atom is 0.416 e. The van der Waals surface area contributed by atoms with Crippen molar-refractivity contribution in [1.82, 2.24) is 9.55 Å². The highest BCUT2D eigenvalue weighted by Crippen LogP contribution is 2.33. The van der Waals surface area contributed by atoms with E-state index in [2.05, 4.69) is 4.98 Å². The second kappa shape index (κ2) is 4.26. The van der Waals surface area contributed by atoms with Gasteiger partial charge in [-0.3, -0.25) is 4.57 Å². The third-order valence-electron chi connectivity index (χ3n) is 3.07. The van der Waals surface area contributed by atoms with E-state index in [-0.39, 0.29) is 11.4 Å². The van der Waals surface area contributed by atoms with Crippen LogP contribution in [0.1, 0.15) is 5.56 Å². The Balaban J connectivity index is 2.24. The highest BCUT2D eigenvalue weighted by Gasteiger charge is 2.31. The van der Waals surface area contributed by atoms with E-state index in [9.17, 15) is 13.2 Å². The van der Waals surface area contributed by atoms with Crippen LogP contribution in [0.25, 0.3) is 16.7 Å². The molecule has 0 saturated heterocycles. The molecule has 2 aromatic carbocycles. The quantitative estimate of drug-likeness (QED) is 0.690.